The van der Waals surface area contributed by atoms with Crippen LogP contribution in [0.1, 0.15) is 18.9 Å². The zero-order valence-corrected chi connectivity index (χ0v) is 11.3. The molecule has 0 radical (unpaired) electrons. The molecule has 0 aromatic heterocycles. The number of benzene rings is 1. The highest BCUT2D eigenvalue weighted by Crippen LogP contribution is 2.14. The van der Waals surface area contributed by atoms with Gasteiger partial charge in [-0.25, -0.2) is 4.79 Å². The number of rotatable bonds is 7. The predicted molar refractivity (Wildman–Crippen MR) is 69.5 cm³/mol. The van der Waals surface area contributed by atoms with Crippen LogP contribution in [0, 0.1) is 6.92 Å². The number of esters is 1. The van der Waals surface area contributed by atoms with Gasteiger partial charge in [-0.1, -0.05) is 17.7 Å². The minimum absolute atomic E-state index is 0.0687. The Labute approximate surface area is 116 Å². The Hall–Kier alpha value is -2.37. The van der Waals surface area contributed by atoms with E-state index >= 15 is 0 Å². The number of carboxylic acids is 1. The Balaban J connectivity index is 2.36. The van der Waals surface area contributed by atoms with Crippen LogP contribution in [-0.2, 0) is 19.1 Å². The van der Waals surface area contributed by atoms with Crippen LogP contribution in [0.2, 0.25) is 0 Å². The molecule has 6 heteroatoms. The Morgan fingerprint density at radius 1 is 1.20 bits per heavy atom. The fourth-order valence-corrected chi connectivity index (χ4v) is 1.39. The molecule has 0 saturated heterocycles. The lowest BCUT2D eigenvalue weighted by Crippen LogP contribution is -2.24. The molecule has 1 N–H and O–H groups in total. The van der Waals surface area contributed by atoms with Crippen LogP contribution in [0.4, 0.5) is 0 Å². The van der Waals surface area contributed by atoms with Crippen LogP contribution in [0.5, 0.6) is 5.75 Å². The maximum atomic E-state index is 11.4. The Kier molecular flexibility index (Phi) is 5.71. The molecule has 0 amide bonds. The molecular weight excluding hydrogens is 264 g/mol. The number of hydrogen-bond acceptors (Lipinski definition) is 5. The van der Waals surface area contributed by atoms with Gasteiger partial charge in [-0.15, -0.1) is 0 Å². The summed E-state index contributed by atoms with van der Waals surface area (Å²) in [5.74, 6) is -2.84. The van der Waals surface area contributed by atoms with E-state index < -0.39 is 30.4 Å². The minimum Gasteiger partial charge on any atom is -0.490 e. The van der Waals surface area contributed by atoms with E-state index in [1.165, 1.54) is 0 Å². The first-order valence-corrected chi connectivity index (χ1v) is 6.03. The number of aliphatic carboxylic acids is 1. The van der Waals surface area contributed by atoms with Crippen molar-refractivity contribution in [1.29, 1.82) is 0 Å². The van der Waals surface area contributed by atoms with Crippen molar-refractivity contribution < 1.29 is 29.0 Å². The predicted octanol–water partition coefficient (Wildman–Crippen LogP) is 1.35. The summed E-state index contributed by atoms with van der Waals surface area (Å²) in [5, 5.41) is 8.33. The lowest BCUT2D eigenvalue weighted by Gasteiger charge is -2.14. The Morgan fingerprint density at radius 2 is 1.80 bits per heavy atom. The molecule has 0 aliphatic heterocycles. The summed E-state index contributed by atoms with van der Waals surface area (Å²) in [6, 6.07) is 7.33. The van der Waals surface area contributed by atoms with Gasteiger partial charge in [-0.3, -0.25) is 9.59 Å². The molecule has 1 unspecified atom stereocenters. The Bertz CT molecular complexity index is 491. The van der Waals surface area contributed by atoms with Gasteiger partial charge < -0.3 is 14.6 Å². The van der Waals surface area contributed by atoms with Gasteiger partial charge in [0.2, 0.25) is 0 Å². The van der Waals surface area contributed by atoms with Gasteiger partial charge in [-0.05, 0) is 26.0 Å². The second kappa shape index (κ2) is 7.28. The normalized spacial score (nSPS) is 11.5. The second-order valence-electron chi connectivity index (χ2n) is 4.33. The first kappa shape index (κ1) is 15.7. The van der Waals surface area contributed by atoms with Crippen LogP contribution in [-0.4, -0.2) is 35.5 Å². The molecule has 108 valence electrons. The molecule has 0 saturated carbocycles. The molecular formula is C14H16O6. The summed E-state index contributed by atoms with van der Waals surface area (Å²) in [4.78, 5) is 32.4. The molecule has 6 nitrogen and oxygen atoms in total. The standard InChI is InChI=1S/C14H16O6/c1-9-3-5-11(6-4-9)20-10(2)7-13(16)19-8-12(15)14(17)18/h3-6,10H,7-8H2,1-2H3,(H,17,18). The van der Waals surface area contributed by atoms with Crippen LogP contribution >= 0.6 is 0 Å². The molecule has 1 atom stereocenters. The zero-order chi connectivity index (χ0) is 15.1. The van der Waals surface area contributed by atoms with Crippen molar-refractivity contribution in [3.8, 4) is 5.75 Å². The third-order valence-electron chi connectivity index (χ3n) is 2.42. The molecule has 1 rings (SSSR count). The molecule has 0 spiro atoms. The summed E-state index contributed by atoms with van der Waals surface area (Å²) in [6.07, 6.45) is -0.508. The van der Waals surface area contributed by atoms with E-state index in [0.29, 0.717) is 5.75 Å². The monoisotopic (exact) mass is 280 g/mol. The van der Waals surface area contributed by atoms with Crippen LogP contribution in [0.3, 0.4) is 0 Å². The van der Waals surface area contributed by atoms with Crippen LogP contribution < -0.4 is 4.74 Å². The average molecular weight is 280 g/mol. The van der Waals surface area contributed by atoms with Crippen molar-refractivity contribution in [2.75, 3.05) is 6.61 Å². The zero-order valence-electron chi connectivity index (χ0n) is 11.3. The minimum atomic E-state index is -1.62. The van der Waals surface area contributed by atoms with Crippen molar-refractivity contribution in [2.45, 2.75) is 26.4 Å². The fourth-order valence-electron chi connectivity index (χ4n) is 1.39. The summed E-state index contributed by atoms with van der Waals surface area (Å²) in [6.45, 7) is 2.87. The number of carbonyl (C=O) groups is 3. The number of ether oxygens (including phenoxy) is 2. The highest BCUT2D eigenvalue weighted by molar-refractivity contribution is 6.33. The molecule has 1 aromatic rings. The number of carboxylic acid groups (broad SMARTS) is 1. The van der Waals surface area contributed by atoms with Crippen molar-refractivity contribution >= 4 is 17.7 Å². The van der Waals surface area contributed by atoms with Crippen LogP contribution in [0.15, 0.2) is 24.3 Å². The number of carbonyl (C=O) groups excluding carboxylic acids is 2. The number of Topliss-reactive ketones (excluding diaryl/α,β-unsaturated/α-hetero) is 1. The lowest BCUT2D eigenvalue weighted by atomic mass is 10.2. The fraction of sp³-hybridized carbons (Fsp3) is 0.357. The first-order valence-electron chi connectivity index (χ1n) is 6.03. The van der Waals surface area contributed by atoms with Crippen molar-refractivity contribution in [3.05, 3.63) is 29.8 Å². The second-order valence-corrected chi connectivity index (χ2v) is 4.33. The summed E-state index contributed by atoms with van der Waals surface area (Å²) < 4.78 is 10.0. The van der Waals surface area contributed by atoms with E-state index in [4.69, 9.17) is 9.84 Å². The number of hydrogen-bond donors (Lipinski definition) is 1. The molecule has 0 heterocycles. The first-order chi connectivity index (χ1) is 9.38. The van der Waals surface area contributed by atoms with Crippen molar-refractivity contribution in [3.63, 3.8) is 0 Å². The van der Waals surface area contributed by atoms with Crippen LogP contribution in [0.25, 0.3) is 0 Å². The average Bonchev–Trinajstić information content (AvgIpc) is 2.38. The largest absolute Gasteiger partial charge is 0.490 e. The van der Waals surface area contributed by atoms with Crippen molar-refractivity contribution in [1.82, 2.24) is 0 Å². The topological polar surface area (TPSA) is 89.9 Å². The van der Waals surface area contributed by atoms with Gasteiger partial charge in [0.1, 0.15) is 11.9 Å². The van der Waals surface area contributed by atoms with E-state index in [-0.39, 0.29) is 6.42 Å². The van der Waals surface area contributed by atoms with Gasteiger partial charge in [-0.2, -0.15) is 0 Å². The SMILES string of the molecule is Cc1ccc(OC(C)CC(=O)OCC(=O)C(=O)O)cc1. The van der Waals surface area contributed by atoms with Gasteiger partial charge in [0, 0.05) is 0 Å². The van der Waals surface area contributed by atoms with E-state index in [0.717, 1.165) is 5.56 Å². The van der Waals surface area contributed by atoms with Crippen molar-refractivity contribution in [2.24, 2.45) is 0 Å². The van der Waals surface area contributed by atoms with Gasteiger partial charge in [0.05, 0.1) is 6.42 Å². The third kappa shape index (κ3) is 5.51. The maximum absolute atomic E-state index is 11.4. The van der Waals surface area contributed by atoms with E-state index in [1.54, 1.807) is 19.1 Å². The molecule has 0 fully saturated rings. The van der Waals surface area contributed by atoms with E-state index in [1.807, 2.05) is 19.1 Å². The Morgan fingerprint density at radius 3 is 2.35 bits per heavy atom. The molecule has 0 aliphatic carbocycles. The highest BCUT2D eigenvalue weighted by atomic mass is 16.5. The van der Waals surface area contributed by atoms with E-state index in [2.05, 4.69) is 4.74 Å². The van der Waals surface area contributed by atoms with E-state index in [9.17, 15) is 14.4 Å². The molecule has 1 aromatic carbocycles. The van der Waals surface area contributed by atoms with Gasteiger partial charge in [0.25, 0.3) is 5.78 Å². The highest BCUT2D eigenvalue weighted by Gasteiger charge is 2.16. The van der Waals surface area contributed by atoms with Gasteiger partial charge in [0.15, 0.2) is 6.61 Å². The lowest BCUT2D eigenvalue weighted by molar-refractivity contribution is -0.156. The molecule has 20 heavy (non-hydrogen) atoms. The summed E-state index contributed by atoms with van der Waals surface area (Å²) in [5.41, 5.74) is 1.09. The quantitative estimate of drug-likeness (QED) is 0.599. The summed E-state index contributed by atoms with van der Waals surface area (Å²) in [7, 11) is 0. The number of aryl methyl sites for hydroxylation is 1. The number of ketones is 1. The van der Waals surface area contributed by atoms with Gasteiger partial charge >= 0.3 is 11.9 Å². The summed E-state index contributed by atoms with van der Waals surface area (Å²) >= 11 is 0. The molecule has 0 bridgehead atoms. The smallest absolute Gasteiger partial charge is 0.375 e. The molecule has 0 aliphatic rings. The third-order valence-corrected chi connectivity index (χ3v) is 2.42. The maximum Gasteiger partial charge on any atom is 0.375 e.